The van der Waals surface area contributed by atoms with Crippen LogP contribution in [0.25, 0.3) is 5.69 Å². The highest BCUT2D eigenvalue weighted by atomic mass is 32.1. The number of carbonyl (C=O) groups is 1. The number of esters is 1. The number of methoxy groups -OCH3 is 2. The maximum Gasteiger partial charge on any atom is 0.339 e. The Labute approximate surface area is 215 Å². The summed E-state index contributed by atoms with van der Waals surface area (Å²) in [5.74, 6) is 0.416. The first-order valence-electron chi connectivity index (χ1n) is 11.6. The summed E-state index contributed by atoms with van der Waals surface area (Å²) in [7, 11) is 3.05. The van der Waals surface area contributed by atoms with Crippen molar-refractivity contribution in [3.05, 3.63) is 114 Å². The normalized spacial score (nSPS) is 17.1. The van der Waals surface area contributed by atoms with E-state index in [0.717, 1.165) is 28.4 Å². The highest BCUT2D eigenvalue weighted by molar-refractivity contribution is 7.80. The molecule has 1 aliphatic heterocycles. The minimum atomic E-state index is -0.387. The molecule has 7 nitrogen and oxygen atoms in total. The van der Waals surface area contributed by atoms with Crippen LogP contribution in [0.4, 0.5) is 0 Å². The molecule has 4 aromatic rings. The van der Waals surface area contributed by atoms with Gasteiger partial charge in [-0.05, 0) is 66.3 Å². The summed E-state index contributed by atoms with van der Waals surface area (Å²) in [6, 6.07) is 24.9. The minimum absolute atomic E-state index is 0.184. The van der Waals surface area contributed by atoms with Crippen LogP contribution < -0.4 is 10.1 Å². The summed E-state index contributed by atoms with van der Waals surface area (Å²) in [5, 5.41) is 4.13. The number of rotatable bonds is 7. The van der Waals surface area contributed by atoms with Crippen LogP contribution in [0.1, 0.15) is 39.4 Å². The van der Waals surface area contributed by atoms with Crippen LogP contribution >= 0.6 is 12.2 Å². The number of aromatic nitrogens is 2. The first-order chi connectivity index (χ1) is 17.6. The van der Waals surface area contributed by atoms with Crippen LogP contribution in [0, 0.1) is 0 Å². The maximum atomic E-state index is 12.6. The minimum Gasteiger partial charge on any atom is -0.497 e. The number of nitrogens with one attached hydrogen (secondary N) is 1. The molecule has 0 saturated carbocycles. The molecule has 2 aromatic heterocycles. The predicted octanol–water partition coefficient (Wildman–Crippen LogP) is 4.84. The SMILES string of the molecule is COC(=O)c1ccccc1-n1cccc1[C@@H]1[C@H](c2ccccn2)NC(=S)N1Cc1ccc(OC)cc1. The number of benzene rings is 2. The van der Waals surface area contributed by atoms with Crippen molar-refractivity contribution in [2.24, 2.45) is 0 Å². The highest BCUT2D eigenvalue weighted by Gasteiger charge is 2.41. The lowest BCUT2D eigenvalue weighted by atomic mass is 10.0. The monoisotopic (exact) mass is 498 g/mol. The largest absolute Gasteiger partial charge is 0.497 e. The topological polar surface area (TPSA) is 68.6 Å². The van der Waals surface area contributed by atoms with E-state index in [9.17, 15) is 4.79 Å². The number of carbonyl (C=O) groups excluding carboxylic acids is 1. The first kappa shape index (κ1) is 23.6. The van der Waals surface area contributed by atoms with Crippen molar-refractivity contribution in [1.29, 1.82) is 0 Å². The van der Waals surface area contributed by atoms with Gasteiger partial charge in [0.1, 0.15) is 5.75 Å². The molecule has 36 heavy (non-hydrogen) atoms. The fraction of sp³-hybridized carbons (Fsp3) is 0.179. The molecule has 3 heterocycles. The summed E-state index contributed by atoms with van der Waals surface area (Å²) in [5.41, 5.74) is 4.19. The maximum absolute atomic E-state index is 12.6. The van der Waals surface area contributed by atoms with E-state index in [1.165, 1.54) is 7.11 Å². The second-order valence-corrected chi connectivity index (χ2v) is 8.80. The van der Waals surface area contributed by atoms with Gasteiger partial charge in [-0.3, -0.25) is 4.98 Å². The summed E-state index contributed by atoms with van der Waals surface area (Å²) in [6.45, 7) is 0.591. The van der Waals surface area contributed by atoms with E-state index >= 15 is 0 Å². The lowest BCUT2D eigenvalue weighted by molar-refractivity contribution is 0.0600. The summed E-state index contributed by atoms with van der Waals surface area (Å²) in [4.78, 5) is 19.4. The van der Waals surface area contributed by atoms with Gasteiger partial charge < -0.3 is 24.3 Å². The number of hydrogen-bond donors (Lipinski definition) is 1. The molecular weight excluding hydrogens is 472 g/mol. The molecule has 2 atom stereocenters. The molecule has 0 spiro atoms. The molecule has 1 aliphatic rings. The van der Waals surface area contributed by atoms with E-state index in [1.54, 1.807) is 19.4 Å². The van der Waals surface area contributed by atoms with Crippen molar-refractivity contribution in [3.8, 4) is 11.4 Å². The van der Waals surface area contributed by atoms with Crippen LogP contribution in [-0.2, 0) is 11.3 Å². The van der Waals surface area contributed by atoms with E-state index in [2.05, 4.69) is 21.3 Å². The molecule has 8 heteroatoms. The Morgan fingerprint density at radius 1 is 1.00 bits per heavy atom. The number of hydrogen-bond acceptors (Lipinski definition) is 5. The number of para-hydroxylation sites is 1. The van der Waals surface area contributed by atoms with Gasteiger partial charge in [0, 0.05) is 24.6 Å². The summed E-state index contributed by atoms with van der Waals surface area (Å²) < 4.78 is 12.4. The van der Waals surface area contributed by atoms with Gasteiger partial charge >= 0.3 is 5.97 Å². The molecule has 0 radical (unpaired) electrons. The third-order valence-corrected chi connectivity index (χ3v) is 6.71. The third kappa shape index (κ3) is 4.43. The second kappa shape index (κ2) is 10.2. The van der Waals surface area contributed by atoms with Crippen LogP contribution in [-0.4, -0.2) is 39.8 Å². The lowest BCUT2D eigenvalue weighted by Crippen LogP contribution is -2.30. The Balaban J connectivity index is 1.60. The molecule has 182 valence electrons. The van der Waals surface area contributed by atoms with E-state index in [0.29, 0.717) is 17.2 Å². The number of thiocarbonyl (C=S) groups is 1. The molecule has 1 fully saturated rings. The lowest BCUT2D eigenvalue weighted by Gasteiger charge is -2.29. The smallest absolute Gasteiger partial charge is 0.339 e. The van der Waals surface area contributed by atoms with Crippen molar-refractivity contribution >= 4 is 23.3 Å². The van der Waals surface area contributed by atoms with Crippen molar-refractivity contribution in [3.63, 3.8) is 0 Å². The van der Waals surface area contributed by atoms with Gasteiger partial charge in [0.15, 0.2) is 5.11 Å². The molecule has 0 aliphatic carbocycles. The quantitative estimate of drug-likeness (QED) is 0.289. The van der Waals surface area contributed by atoms with Crippen LogP contribution in [0.3, 0.4) is 0 Å². The van der Waals surface area contributed by atoms with Crippen LogP contribution in [0.2, 0.25) is 0 Å². The third-order valence-electron chi connectivity index (χ3n) is 6.36. The molecule has 5 rings (SSSR count). The van der Waals surface area contributed by atoms with Crippen molar-refractivity contribution < 1.29 is 14.3 Å². The van der Waals surface area contributed by atoms with Crippen molar-refractivity contribution in [1.82, 2.24) is 19.8 Å². The zero-order valence-electron chi connectivity index (χ0n) is 20.0. The molecule has 0 bridgehead atoms. The average molecular weight is 499 g/mol. The van der Waals surface area contributed by atoms with E-state index < -0.39 is 0 Å². The van der Waals surface area contributed by atoms with Crippen molar-refractivity contribution in [2.75, 3.05) is 14.2 Å². The van der Waals surface area contributed by atoms with Crippen molar-refractivity contribution in [2.45, 2.75) is 18.6 Å². The Morgan fingerprint density at radius 2 is 1.78 bits per heavy atom. The second-order valence-electron chi connectivity index (χ2n) is 8.41. The summed E-state index contributed by atoms with van der Waals surface area (Å²) in [6.07, 6.45) is 3.74. The Hall–Kier alpha value is -4.17. The van der Waals surface area contributed by atoms with Crippen LogP contribution in [0.15, 0.2) is 91.3 Å². The van der Waals surface area contributed by atoms with Gasteiger partial charge in [-0.2, -0.15) is 0 Å². The molecule has 0 unspecified atom stereocenters. The predicted molar refractivity (Wildman–Crippen MR) is 141 cm³/mol. The van der Waals surface area contributed by atoms with Crippen LogP contribution in [0.5, 0.6) is 5.75 Å². The van der Waals surface area contributed by atoms with Gasteiger partial charge in [-0.25, -0.2) is 4.79 Å². The van der Waals surface area contributed by atoms with E-state index in [-0.39, 0.29) is 18.1 Å². The number of ether oxygens (including phenoxy) is 2. The Kier molecular flexibility index (Phi) is 6.69. The highest BCUT2D eigenvalue weighted by Crippen LogP contribution is 2.40. The zero-order valence-corrected chi connectivity index (χ0v) is 20.8. The molecular formula is C28H26N4O3S. The number of nitrogens with zero attached hydrogens (tertiary/aromatic N) is 3. The van der Waals surface area contributed by atoms with Gasteiger partial charge in [-0.1, -0.05) is 30.3 Å². The van der Waals surface area contributed by atoms with E-state index in [1.807, 2.05) is 77.5 Å². The average Bonchev–Trinajstić information content (AvgIpc) is 3.53. The fourth-order valence-corrected chi connectivity index (χ4v) is 4.95. The molecule has 1 N–H and O–H groups in total. The van der Waals surface area contributed by atoms with Gasteiger partial charge in [-0.15, -0.1) is 0 Å². The molecule has 0 amide bonds. The Bertz CT molecular complexity index is 1370. The summed E-state index contributed by atoms with van der Waals surface area (Å²) >= 11 is 5.84. The van der Waals surface area contributed by atoms with Gasteiger partial charge in [0.2, 0.25) is 0 Å². The van der Waals surface area contributed by atoms with E-state index in [4.69, 9.17) is 21.7 Å². The zero-order chi connectivity index (χ0) is 25.1. The number of pyridine rings is 1. The van der Waals surface area contributed by atoms with Gasteiger partial charge in [0.25, 0.3) is 0 Å². The Morgan fingerprint density at radius 3 is 2.50 bits per heavy atom. The molecule has 1 saturated heterocycles. The van der Waals surface area contributed by atoms with Gasteiger partial charge in [0.05, 0.1) is 43.2 Å². The fourth-order valence-electron chi connectivity index (χ4n) is 4.65. The first-order valence-corrected chi connectivity index (χ1v) is 12.0. The molecule has 2 aromatic carbocycles. The standard InChI is InChI=1S/C28H26N4O3S/c1-34-20-14-12-19(13-15-20)18-32-26(25(30-28(32)36)22-9-5-6-16-29-22)24-11-7-17-31(24)23-10-4-3-8-21(23)27(33)35-2/h3-17,25-26H,18H2,1-2H3,(H,30,36)/t25-,26+/m0/s1.